The molecule has 4 aromatic rings. The average Bonchev–Trinajstić information content (AvgIpc) is 3.21. The van der Waals surface area contributed by atoms with Gasteiger partial charge in [0.05, 0.1) is 21.5 Å². The quantitative estimate of drug-likeness (QED) is 0.286. The average molecular weight is 491 g/mol. The van der Waals surface area contributed by atoms with Crippen molar-refractivity contribution in [1.29, 1.82) is 5.26 Å². The number of benzene rings is 2. The highest BCUT2D eigenvalue weighted by Gasteiger charge is 2.19. The van der Waals surface area contributed by atoms with E-state index in [2.05, 4.69) is 20.2 Å². The second-order valence-corrected chi connectivity index (χ2v) is 8.31. The van der Waals surface area contributed by atoms with Gasteiger partial charge in [-0.1, -0.05) is 52.6 Å². The van der Waals surface area contributed by atoms with Crippen LogP contribution in [0.4, 0.5) is 0 Å². The first-order chi connectivity index (χ1) is 15.0. The molecule has 0 fully saturated rings. The number of nitrogens with zero attached hydrogens (tertiary/aromatic N) is 4. The van der Waals surface area contributed by atoms with E-state index in [1.807, 2.05) is 6.07 Å². The first-order valence-electron chi connectivity index (χ1n) is 8.66. The molecule has 0 bridgehead atoms. The fourth-order valence-electron chi connectivity index (χ4n) is 2.68. The Labute approximate surface area is 195 Å². The molecule has 0 spiro atoms. The summed E-state index contributed by atoms with van der Waals surface area (Å²) in [7, 11) is 0. The van der Waals surface area contributed by atoms with Crippen LogP contribution in [0.5, 0.6) is 0 Å². The number of hydrogen-bond acceptors (Lipinski definition) is 7. The van der Waals surface area contributed by atoms with Gasteiger partial charge in [0.2, 0.25) is 11.8 Å². The molecule has 0 saturated heterocycles. The number of aromatic nitrogens is 4. The lowest BCUT2D eigenvalue weighted by molar-refractivity contribution is 0.528. The molecule has 0 radical (unpaired) electrons. The van der Waals surface area contributed by atoms with Crippen LogP contribution in [-0.4, -0.2) is 20.2 Å². The predicted molar refractivity (Wildman–Crippen MR) is 119 cm³/mol. The summed E-state index contributed by atoms with van der Waals surface area (Å²) in [6.07, 6.45) is 0. The zero-order chi connectivity index (χ0) is 22.0. The van der Waals surface area contributed by atoms with Crippen LogP contribution in [0.3, 0.4) is 0 Å². The summed E-state index contributed by atoms with van der Waals surface area (Å²) in [5.41, 5.74) is 0.379. The minimum Gasteiger partial charge on any atom is -0.420 e. The van der Waals surface area contributed by atoms with Gasteiger partial charge in [-0.25, -0.2) is 4.98 Å². The Morgan fingerprint density at radius 3 is 2.45 bits per heavy atom. The van der Waals surface area contributed by atoms with E-state index in [-0.39, 0.29) is 32.2 Å². The third-order valence-corrected chi connectivity index (χ3v) is 5.84. The van der Waals surface area contributed by atoms with Gasteiger partial charge in [0, 0.05) is 16.1 Å². The summed E-state index contributed by atoms with van der Waals surface area (Å²) in [5, 5.41) is 18.9. The number of hydrogen-bond donors (Lipinski definition) is 1. The highest BCUT2D eigenvalue weighted by molar-refractivity contribution is 7.98. The molecule has 4 rings (SSSR count). The van der Waals surface area contributed by atoms with Crippen molar-refractivity contribution in [2.45, 2.75) is 10.9 Å². The van der Waals surface area contributed by atoms with Gasteiger partial charge in [-0.3, -0.25) is 4.79 Å². The summed E-state index contributed by atoms with van der Waals surface area (Å²) in [5.74, 6) is 0.918. The highest BCUT2D eigenvalue weighted by atomic mass is 35.5. The van der Waals surface area contributed by atoms with E-state index in [0.29, 0.717) is 22.4 Å². The van der Waals surface area contributed by atoms with Gasteiger partial charge >= 0.3 is 0 Å². The molecule has 0 amide bonds. The summed E-state index contributed by atoms with van der Waals surface area (Å²) >= 11 is 19.5. The number of aromatic amines is 1. The molecule has 2 aromatic heterocycles. The third kappa shape index (κ3) is 4.60. The fourth-order valence-corrected chi connectivity index (χ4v) is 4.08. The SMILES string of the molecule is N#Cc1c(-c2c(Cl)cccc2Cl)nc(SCc2nnc(-c3ccc(Cl)cc3)o2)[nH]c1=O. The number of H-pyrrole nitrogens is 1. The van der Waals surface area contributed by atoms with E-state index >= 15 is 0 Å². The van der Waals surface area contributed by atoms with Crippen molar-refractivity contribution in [2.24, 2.45) is 0 Å². The van der Waals surface area contributed by atoms with Crippen LogP contribution in [-0.2, 0) is 5.75 Å². The Hall–Kier alpha value is -2.83. The van der Waals surface area contributed by atoms with Gasteiger partial charge in [-0.05, 0) is 36.4 Å². The number of halogens is 3. The largest absolute Gasteiger partial charge is 0.420 e. The van der Waals surface area contributed by atoms with E-state index in [0.717, 1.165) is 17.3 Å². The first kappa shape index (κ1) is 21.4. The topological polar surface area (TPSA) is 108 Å². The molecule has 2 aromatic carbocycles. The zero-order valence-electron chi connectivity index (χ0n) is 15.4. The van der Waals surface area contributed by atoms with Crippen molar-refractivity contribution >= 4 is 46.6 Å². The van der Waals surface area contributed by atoms with Crippen molar-refractivity contribution in [3.05, 3.63) is 79.3 Å². The van der Waals surface area contributed by atoms with E-state index in [9.17, 15) is 10.1 Å². The highest BCUT2D eigenvalue weighted by Crippen LogP contribution is 2.35. The smallest absolute Gasteiger partial charge is 0.270 e. The summed E-state index contributed by atoms with van der Waals surface area (Å²) in [4.78, 5) is 19.4. The van der Waals surface area contributed by atoms with Crippen LogP contribution < -0.4 is 5.56 Å². The molecule has 0 aliphatic carbocycles. The lowest BCUT2D eigenvalue weighted by atomic mass is 10.1. The van der Waals surface area contributed by atoms with E-state index < -0.39 is 5.56 Å². The molecule has 11 heteroatoms. The Morgan fingerprint density at radius 2 is 1.77 bits per heavy atom. The molecule has 154 valence electrons. The van der Waals surface area contributed by atoms with Crippen LogP contribution in [0.2, 0.25) is 15.1 Å². The second kappa shape index (κ2) is 9.12. The van der Waals surface area contributed by atoms with Gasteiger partial charge in [0.1, 0.15) is 11.6 Å². The normalized spacial score (nSPS) is 10.8. The maximum absolute atomic E-state index is 12.4. The van der Waals surface area contributed by atoms with Crippen molar-refractivity contribution in [1.82, 2.24) is 20.2 Å². The zero-order valence-corrected chi connectivity index (χ0v) is 18.5. The summed E-state index contributed by atoms with van der Waals surface area (Å²) in [6.45, 7) is 0. The van der Waals surface area contributed by atoms with Crippen molar-refractivity contribution in [2.75, 3.05) is 0 Å². The second-order valence-electron chi connectivity index (χ2n) is 6.10. The lowest BCUT2D eigenvalue weighted by Gasteiger charge is -2.09. The van der Waals surface area contributed by atoms with Crippen molar-refractivity contribution in [3.8, 4) is 28.8 Å². The maximum atomic E-state index is 12.4. The minimum absolute atomic E-state index is 0.108. The van der Waals surface area contributed by atoms with Crippen LogP contribution in [0.1, 0.15) is 11.5 Å². The van der Waals surface area contributed by atoms with Crippen molar-refractivity contribution < 1.29 is 4.42 Å². The molecule has 0 aliphatic heterocycles. The summed E-state index contributed by atoms with van der Waals surface area (Å²) < 4.78 is 5.66. The molecule has 2 heterocycles. The molecule has 0 saturated carbocycles. The fraction of sp³-hybridized carbons (Fsp3) is 0.0500. The van der Waals surface area contributed by atoms with Crippen molar-refractivity contribution in [3.63, 3.8) is 0 Å². The van der Waals surface area contributed by atoms with Gasteiger partial charge < -0.3 is 9.40 Å². The monoisotopic (exact) mass is 489 g/mol. The molecule has 31 heavy (non-hydrogen) atoms. The molecule has 7 nitrogen and oxygen atoms in total. The molecule has 1 N–H and O–H groups in total. The first-order valence-corrected chi connectivity index (χ1v) is 10.8. The number of nitrogens with one attached hydrogen (secondary N) is 1. The predicted octanol–water partition coefficient (Wildman–Crippen LogP) is 5.61. The van der Waals surface area contributed by atoms with E-state index in [1.54, 1.807) is 42.5 Å². The lowest BCUT2D eigenvalue weighted by Crippen LogP contribution is -2.15. The van der Waals surface area contributed by atoms with E-state index in [1.165, 1.54) is 0 Å². The molecule has 0 atom stereocenters. The van der Waals surface area contributed by atoms with Gasteiger partial charge in [0.15, 0.2) is 5.16 Å². The molecular weight excluding hydrogens is 481 g/mol. The molecule has 0 aliphatic rings. The van der Waals surface area contributed by atoms with Gasteiger partial charge in [-0.15, -0.1) is 10.2 Å². The van der Waals surface area contributed by atoms with Crippen LogP contribution >= 0.6 is 46.6 Å². The number of rotatable bonds is 5. The van der Waals surface area contributed by atoms with E-state index in [4.69, 9.17) is 39.2 Å². The van der Waals surface area contributed by atoms with Gasteiger partial charge in [-0.2, -0.15) is 5.26 Å². The Kier molecular flexibility index (Phi) is 6.30. The standard InChI is InChI=1S/C20H10Cl3N5O2S/c21-11-6-4-10(5-7-11)19-28-27-15(30-19)9-31-20-25-17(12(8-24)18(29)26-20)16-13(22)2-1-3-14(16)23/h1-7H,9H2,(H,25,26,29). The minimum atomic E-state index is -0.599. The van der Waals surface area contributed by atoms with Crippen LogP contribution in [0, 0.1) is 11.3 Å². The van der Waals surface area contributed by atoms with Crippen LogP contribution in [0.25, 0.3) is 22.7 Å². The Balaban J connectivity index is 1.62. The summed E-state index contributed by atoms with van der Waals surface area (Å²) in [6, 6.07) is 13.7. The Bertz CT molecular complexity index is 1340. The maximum Gasteiger partial charge on any atom is 0.270 e. The van der Waals surface area contributed by atoms with Crippen LogP contribution in [0.15, 0.2) is 56.8 Å². The third-order valence-electron chi connectivity index (χ3n) is 4.10. The number of thioether (sulfide) groups is 1. The molecule has 0 unspecified atom stereocenters. The van der Waals surface area contributed by atoms with Gasteiger partial charge in [0.25, 0.3) is 5.56 Å². The number of nitriles is 1. The Morgan fingerprint density at radius 1 is 1.06 bits per heavy atom. The molecular formula is C20H10Cl3N5O2S.